The van der Waals surface area contributed by atoms with Gasteiger partial charge < -0.3 is 9.84 Å². The third kappa shape index (κ3) is 5.31. The van der Waals surface area contributed by atoms with Gasteiger partial charge in [-0.2, -0.15) is 0 Å². The molecular formula is C21H25N5O3S. The molecule has 0 bridgehead atoms. The summed E-state index contributed by atoms with van der Waals surface area (Å²) in [4.78, 5) is 32.7. The molecule has 0 aliphatic heterocycles. The first-order chi connectivity index (χ1) is 14.4. The number of aryl methyl sites for hydroxylation is 2. The summed E-state index contributed by atoms with van der Waals surface area (Å²) in [6, 6.07) is 9.50. The van der Waals surface area contributed by atoms with Gasteiger partial charge in [-0.25, -0.2) is 4.98 Å². The predicted molar refractivity (Wildman–Crippen MR) is 117 cm³/mol. The van der Waals surface area contributed by atoms with Gasteiger partial charge in [-0.1, -0.05) is 30.3 Å². The molecule has 0 aliphatic carbocycles. The molecule has 30 heavy (non-hydrogen) atoms. The molecule has 1 N–H and O–H groups in total. The standard InChI is InChI=1S/C21H25N5O3S/c1-5-16-8-6-7-9-18(16)26(15(3)27)21-22-17(13-30-21)11-25(4)12-20(28)23-19-10-14(2)29-24-19/h6-10,13H,5,11-12H2,1-4H3,(H,23,24,28). The molecule has 2 heterocycles. The number of hydrogen-bond donors (Lipinski definition) is 1. The minimum atomic E-state index is -0.191. The molecule has 3 rings (SSSR count). The van der Waals surface area contributed by atoms with Crippen molar-refractivity contribution >= 4 is 39.8 Å². The molecule has 0 fully saturated rings. The Balaban J connectivity index is 1.67. The molecule has 0 spiro atoms. The average Bonchev–Trinajstić information content (AvgIpc) is 3.30. The van der Waals surface area contributed by atoms with Gasteiger partial charge in [0.15, 0.2) is 10.9 Å². The maximum absolute atomic E-state index is 12.4. The van der Waals surface area contributed by atoms with Crippen LogP contribution < -0.4 is 10.2 Å². The molecule has 3 aromatic rings. The van der Waals surface area contributed by atoms with Crippen molar-refractivity contribution in [2.75, 3.05) is 23.8 Å². The number of amides is 2. The summed E-state index contributed by atoms with van der Waals surface area (Å²) < 4.78 is 4.94. The van der Waals surface area contributed by atoms with Gasteiger partial charge in [0.25, 0.3) is 0 Å². The van der Waals surface area contributed by atoms with Gasteiger partial charge in [-0.3, -0.25) is 19.4 Å². The number of aromatic nitrogens is 2. The number of carbonyl (C=O) groups is 2. The minimum absolute atomic E-state index is 0.0903. The first-order valence-corrected chi connectivity index (χ1v) is 10.5. The number of likely N-dealkylation sites (N-methyl/N-ethyl adjacent to an activating group) is 1. The molecule has 8 nitrogen and oxygen atoms in total. The molecule has 0 atom stereocenters. The first kappa shape index (κ1) is 21.7. The number of benzene rings is 1. The SMILES string of the molecule is CCc1ccccc1N(C(C)=O)c1nc(CN(C)CC(=O)Nc2cc(C)on2)cs1. The van der Waals surface area contributed by atoms with E-state index in [1.165, 1.54) is 18.3 Å². The Kier molecular flexibility index (Phi) is 6.96. The van der Waals surface area contributed by atoms with Gasteiger partial charge in [0, 0.05) is 24.9 Å². The van der Waals surface area contributed by atoms with Crippen molar-refractivity contribution in [3.63, 3.8) is 0 Å². The fourth-order valence-electron chi connectivity index (χ4n) is 3.09. The quantitative estimate of drug-likeness (QED) is 0.589. The highest BCUT2D eigenvalue weighted by Crippen LogP contribution is 2.31. The van der Waals surface area contributed by atoms with Crippen molar-refractivity contribution in [1.29, 1.82) is 0 Å². The van der Waals surface area contributed by atoms with E-state index in [0.717, 1.165) is 23.4 Å². The summed E-state index contributed by atoms with van der Waals surface area (Å²) in [5.41, 5.74) is 2.73. The number of hydrogen-bond acceptors (Lipinski definition) is 7. The zero-order chi connectivity index (χ0) is 21.7. The topological polar surface area (TPSA) is 91.6 Å². The second-order valence-electron chi connectivity index (χ2n) is 7.00. The lowest BCUT2D eigenvalue weighted by molar-refractivity contribution is -0.117. The fraction of sp³-hybridized carbons (Fsp3) is 0.333. The third-order valence-corrected chi connectivity index (χ3v) is 5.27. The zero-order valence-corrected chi connectivity index (χ0v) is 18.3. The van der Waals surface area contributed by atoms with Gasteiger partial charge in [0.1, 0.15) is 5.76 Å². The van der Waals surface area contributed by atoms with E-state index in [2.05, 4.69) is 22.4 Å². The van der Waals surface area contributed by atoms with Crippen LogP contribution in [0.4, 0.5) is 16.6 Å². The number of anilines is 3. The highest BCUT2D eigenvalue weighted by Gasteiger charge is 2.20. The van der Waals surface area contributed by atoms with E-state index in [-0.39, 0.29) is 18.4 Å². The normalized spacial score (nSPS) is 11.0. The van der Waals surface area contributed by atoms with Crippen molar-refractivity contribution in [2.24, 2.45) is 0 Å². The number of thiazole rings is 1. The number of para-hydroxylation sites is 1. The van der Waals surface area contributed by atoms with E-state index in [1.807, 2.05) is 41.6 Å². The van der Waals surface area contributed by atoms with Crippen LogP contribution in [0, 0.1) is 6.92 Å². The Morgan fingerprint density at radius 3 is 2.70 bits per heavy atom. The minimum Gasteiger partial charge on any atom is -0.360 e. The van der Waals surface area contributed by atoms with Crippen molar-refractivity contribution in [3.8, 4) is 0 Å². The van der Waals surface area contributed by atoms with Crippen LogP contribution in [0.5, 0.6) is 0 Å². The maximum Gasteiger partial charge on any atom is 0.239 e. The molecule has 2 aromatic heterocycles. The molecule has 158 valence electrons. The Bertz CT molecular complexity index is 1030. The average molecular weight is 428 g/mol. The highest BCUT2D eigenvalue weighted by atomic mass is 32.1. The van der Waals surface area contributed by atoms with Crippen molar-refractivity contribution in [1.82, 2.24) is 15.0 Å². The molecule has 0 unspecified atom stereocenters. The van der Waals surface area contributed by atoms with Crippen LogP contribution in [-0.2, 0) is 22.6 Å². The molecule has 9 heteroatoms. The second kappa shape index (κ2) is 9.64. The van der Waals surface area contributed by atoms with Gasteiger partial charge in [0.2, 0.25) is 11.8 Å². The summed E-state index contributed by atoms with van der Waals surface area (Å²) in [5, 5.41) is 8.98. The lowest BCUT2D eigenvalue weighted by Crippen LogP contribution is -2.30. The van der Waals surface area contributed by atoms with Gasteiger partial charge in [-0.15, -0.1) is 11.3 Å². The number of carbonyl (C=O) groups excluding carboxylic acids is 2. The molecule has 1 aromatic carbocycles. The van der Waals surface area contributed by atoms with E-state index in [1.54, 1.807) is 17.9 Å². The number of nitrogens with zero attached hydrogens (tertiary/aromatic N) is 4. The van der Waals surface area contributed by atoms with Gasteiger partial charge in [-0.05, 0) is 32.0 Å². The lowest BCUT2D eigenvalue weighted by Gasteiger charge is -2.21. The van der Waals surface area contributed by atoms with E-state index >= 15 is 0 Å². The monoisotopic (exact) mass is 427 g/mol. The molecular weight excluding hydrogens is 402 g/mol. The summed E-state index contributed by atoms with van der Waals surface area (Å²) in [7, 11) is 1.84. The van der Waals surface area contributed by atoms with Crippen LogP contribution in [0.3, 0.4) is 0 Å². The molecule has 0 saturated carbocycles. The number of nitrogens with one attached hydrogen (secondary N) is 1. The van der Waals surface area contributed by atoms with Gasteiger partial charge in [0.05, 0.1) is 17.9 Å². The number of rotatable bonds is 8. The predicted octanol–water partition coefficient (Wildman–Crippen LogP) is 3.76. The molecule has 0 aliphatic rings. The van der Waals surface area contributed by atoms with Crippen LogP contribution in [0.25, 0.3) is 0 Å². The molecule has 0 saturated heterocycles. The van der Waals surface area contributed by atoms with E-state index < -0.39 is 0 Å². The van der Waals surface area contributed by atoms with E-state index in [0.29, 0.717) is 23.3 Å². The Hall–Kier alpha value is -3.04. The largest absolute Gasteiger partial charge is 0.360 e. The maximum atomic E-state index is 12.4. The Morgan fingerprint density at radius 1 is 1.27 bits per heavy atom. The fourth-order valence-corrected chi connectivity index (χ4v) is 3.96. The second-order valence-corrected chi connectivity index (χ2v) is 7.84. The van der Waals surface area contributed by atoms with Gasteiger partial charge >= 0.3 is 0 Å². The Morgan fingerprint density at radius 2 is 2.03 bits per heavy atom. The van der Waals surface area contributed by atoms with Crippen LogP contribution in [0.15, 0.2) is 40.2 Å². The van der Waals surface area contributed by atoms with Crippen LogP contribution in [-0.4, -0.2) is 40.4 Å². The molecule has 2 amide bonds. The summed E-state index contributed by atoms with van der Waals surface area (Å²) in [5.74, 6) is 0.748. The van der Waals surface area contributed by atoms with Crippen molar-refractivity contribution in [3.05, 3.63) is 52.7 Å². The van der Waals surface area contributed by atoms with Crippen LogP contribution in [0.2, 0.25) is 0 Å². The van der Waals surface area contributed by atoms with Crippen molar-refractivity contribution < 1.29 is 14.1 Å². The lowest BCUT2D eigenvalue weighted by atomic mass is 10.1. The van der Waals surface area contributed by atoms with E-state index in [4.69, 9.17) is 4.52 Å². The third-order valence-electron chi connectivity index (χ3n) is 4.40. The molecule has 0 radical (unpaired) electrons. The Labute approximate surface area is 179 Å². The van der Waals surface area contributed by atoms with Crippen LogP contribution in [0.1, 0.15) is 30.9 Å². The summed E-state index contributed by atoms with van der Waals surface area (Å²) in [6.07, 6.45) is 0.821. The summed E-state index contributed by atoms with van der Waals surface area (Å²) in [6.45, 7) is 6.01. The zero-order valence-electron chi connectivity index (χ0n) is 17.5. The van der Waals surface area contributed by atoms with Crippen molar-refractivity contribution in [2.45, 2.75) is 33.7 Å². The summed E-state index contributed by atoms with van der Waals surface area (Å²) >= 11 is 1.41. The van der Waals surface area contributed by atoms with E-state index in [9.17, 15) is 9.59 Å². The first-order valence-electron chi connectivity index (χ1n) is 9.62. The highest BCUT2D eigenvalue weighted by molar-refractivity contribution is 7.14. The van der Waals surface area contributed by atoms with Crippen LogP contribution >= 0.6 is 11.3 Å². The smallest absolute Gasteiger partial charge is 0.239 e.